The molecule has 2 aromatic heterocycles. The van der Waals surface area contributed by atoms with Crippen LogP contribution in [0.4, 0.5) is 6.01 Å². The molecule has 0 N–H and O–H groups in total. The van der Waals surface area contributed by atoms with Gasteiger partial charge in [0.2, 0.25) is 0 Å². The molecule has 1 fully saturated rings. The number of hydrogen-bond acceptors (Lipinski definition) is 5. The number of aryl methyl sites for hydroxylation is 1. The fraction of sp³-hybridized carbons (Fsp3) is 0.500. The van der Waals surface area contributed by atoms with Gasteiger partial charge in [-0.25, -0.2) is 4.98 Å². The van der Waals surface area contributed by atoms with Gasteiger partial charge in [-0.05, 0) is 31.9 Å². The summed E-state index contributed by atoms with van der Waals surface area (Å²) in [5.74, 6) is 2.16. The maximum absolute atomic E-state index is 5.43. The van der Waals surface area contributed by atoms with Crippen molar-refractivity contribution in [2.45, 2.75) is 45.6 Å². The average molecular weight is 325 g/mol. The highest BCUT2D eigenvalue weighted by atomic mass is 16.5. The predicted octanol–water partition coefficient (Wildman–Crippen LogP) is 3.69. The third-order valence-electron chi connectivity index (χ3n) is 4.82. The van der Waals surface area contributed by atoms with E-state index in [2.05, 4.69) is 58.6 Å². The van der Waals surface area contributed by atoms with E-state index in [1.54, 1.807) is 0 Å². The van der Waals surface area contributed by atoms with Crippen LogP contribution in [-0.4, -0.2) is 32.8 Å². The molecular weight excluding hydrogens is 302 g/mol. The first-order chi connectivity index (χ1) is 11.6. The van der Waals surface area contributed by atoms with Gasteiger partial charge in [-0.2, -0.15) is 4.98 Å². The molecule has 6 nitrogen and oxygen atoms in total. The smallest absolute Gasteiger partial charge is 0.324 e. The molecular formula is C18H23N5O. The topological polar surface area (TPSA) is 60.0 Å². The first-order valence-electron chi connectivity index (χ1n) is 8.65. The van der Waals surface area contributed by atoms with Crippen LogP contribution in [0.25, 0.3) is 11.0 Å². The standard InChI is InChI=1S/C18H23N5O/c1-12(2)17-20-18(24-21-17)22-10-8-14(9-11-22)23-13(3)19-15-6-4-5-7-16(15)23/h4-7,12,14H,8-11H2,1-3H3. The monoisotopic (exact) mass is 325 g/mol. The van der Waals surface area contributed by atoms with Crippen molar-refractivity contribution in [1.29, 1.82) is 0 Å². The lowest BCUT2D eigenvalue weighted by Gasteiger charge is -2.32. The van der Waals surface area contributed by atoms with E-state index in [-0.39, 0.29) is 0 Å². The largest absolute Gasteiger partial charge is 0.325 e. The number of piperidine rings is 1. The van der Waals surface area contributed by atoms with E-state index in [9.17, 15) is 0 Å². The average Bonchev–Trinajstić information content (AvgIpc) is 3.19. The summed E-state index contributed by atoms with van der Waals surface area (Å²) in [7, 11) is 0. The summed E-state index contributed by atoms with van der Waals surface area (Å²) >= 11 is 0. The Balaban J connectivity index is 1.52. The number of nitrogens with zero attached hydrogens (tertiary/aromatic N) is 5. The lowest BCUT2D eigenvalue weighted by Crippen LogP contribution is -2.35. The van der Waals surface area contributed by atoms with Crippen molar-refractivity contribution in [1.82, 2.24) is 19.7 Å². The minimum Gasteiger partial charge on any atom is -0.325 e. The van der Waals surface area contributed by atoms with Crippen molar-refractivity contribution < 1.29 is 4.52 Å². The molecule has 1 aliphatic rings. The van der Waals surface area contributed by atoms with E-state index in [0.29, 0.717) is 18.0 Å². The molecule has 126 valence electrons. The number of fused-ring (bicyclic) bond motifs is 1. The molecule has 6 heteroatoms. The summed E-state index contributed by atoms with van der Waals surface area (Å²) in [6.45, 7) is 8.10. The second-order valence-electron chi connectivity index (χ2n) is 6.83. The number of rotatable bonds is 3. The Kier molecular flexibility index (Phi) is 3.75. The Morgan fingerprint density at radius 1 is 1.12 bits per heavy atom. The maximum Gasteiger partial charge on any atom is 0.324 e. The Morgan fingerprint density at radius 2 is 1.88 bits per heavy atom. The minimum absolute atomic E-state index is 0.292. The van der Waals surface area contributed by atoms with E-state index in [0.717, 1.165) is 43.1 Å². The first-order valence-corrected chi connectivity index (χ1v) is 8.65. The molecule has 3 heterocycles. The van der Waals surface area contributed by atoms with Crippen molar-refractivity contribution in [3.8, 4) is 0 Å². The molecule has 24 heavy (non-hydrogen) atoms. The van der Waals surface area contributed by atoms with Crippen LogP contribution in [0.5, 0.6) is 0 Å². The predicted molar refractivity (Wildman–Crippen MR) is 93.3 cm³/mol. The number of benzene rings is 1. The van der Waals surface area contributed by atoms with Crippen molar-refractivity contribution in [3.63, 3.8) is 0 Å². The second-order valence-corrected chi connectivity index (χ2v) is 6.83. The van der Waals surface area contributed by atoms with Gasteiger partial charge in [-0.15, -0.1) is 0 Å². The number of aromatic nitrogens is 4. The van der Waals surface area contributed by atoms with Crippen LogP contribution in [0, 0.1) is 6.92 Å². The minimum atomic E-state index is 0.292. The van der Waals surface area contributed by atoms with Crippen LogP contribution in [0.15, 0.2) is 28.8 Å². The Labute approximate surface area is 141 Å². The zero-order valence-electron chi connectivity index (χ0n) is 14.4. The van der Waals surface area contributed by atoms with Gasteiger partial charge < -0.3 is 14.0 Å². The van der Waals surface area contributed by atoms with Gasteiger partial charge >= 0.3 is 6.01 Å². The van der Waals surface area contributed by atoms with Crippen molar-refractivity contribution in [2.24, 2.45) is 0 Å². The second kappa shape index (κ2) is 5.92. The maximum atomic E-state index is 5.43. The zero-order valence-corrected chi connectivity index (χ0v) is 14.4. The van der Waals surface area contributed by atoms with Crippen LogP contribution in [-0.2, 0) is 0 Å². The number of para-hydroxylation sites is 2. The van der Waals surface area contributed by atoms with Crippen LogP contribution in [0.3, 0.4) is 0 Å². The van der Waals surface area contributed by atoms with Gasteiger partial charge in [0, 0.05) is 25.0 Å². The third kappa shape index (κ3) is 2.56. The van der Waals surface area contributed by atoms with Crippen LogP contribution in [0.2, 0.25) is 0 Å². The SMILES string of the molecule is Cc1nc2ccccc2n1C1CCN(c2nc(C(C)C)no2)CC1. The molecule has 1 aromatic carbocycles. The summed E-state index contributed by atoms with van der Waals surface area (Å²) in [5.41, 5.74) is 2.31. The van der Waals surface area contributed by atoms with Crippen LogP contribution in [0.1, 0.15) is 50.3 Å². The molecule has 0 bridgehead atoms. The number of hydrogen-bond donors (Lipinski definition) is 0. The van der Waals surface area contributed by atoms with Crippen LogP contribution < -0.4 is 4.90 Å². The first kappa shape index (κ1) is 15.2. The number of imidazole rings is 1. The quantitative estimate of drug-likeness (QED) is 0.735. The summed E-state index contributed by atoms with van der Waals surface area (Å²) < 4.78 is 7.82. The number of anilines is 1. The van der Waals surface area contributed by atoms with Gasteiger partial charge in [0.15, 0.2) is 5.82 Å². The lowest BCUT2D eigenvalue weighted by atomic mass is 10.0. The van der Waals surface area contributed by atoms with E-state index in [1.165, 1.54) is 5.52 Å². The van der Waals surface area contributed by atoms with E-state index < -0.39 is 0 Å². The molecule has 0 saturated carbocycles. The fourth-order valence-electron chi connectivity index (χ4n) is 3.53. The highest BCUT2D eigenvalue weighted by Crippen LogP contribution is 2.30. The normalized spacial score (nSPS) is 16.4. The molecule has 0 atom stereocenters. The van der Waals surface area contributed by atoms with Gasteiger partial charge in [0.1, 0.15) is 5.82 Å². The van der Waals surface area contributed by atoms with E-state index in [1.807, 2.05) is 6.07 Å². The zero-order chi connectivity index (χ0) is 16.7. The van der Waals surface area contributed by atoms with Gasteiger partial charge in [0.05, 0.1) is 11.0 Å². The fourth-order valence-corrected chi connectivity index (χ4v) is 3.53. The van der Waals surface area contributed by atoms with Gasteiger partial charge in [0.25, 0.3) is 0 Å². The molecule has 0 unspecified atom stereocenters. The molecule has 4 rings (SSSR count). The molecule has 3 aromatic rings. The Morgan fingerprint density at radius 3 is 2.58 bits per heavy atom. The summed E-state index contributed by atoms with van der Waals surface area (Å²) in [4.78, 5) is 11.4. The third-order valence-corrected chi connectivity index (χ3v) is 4.82. The highest BCUT2D eigenvalue weighted by Gasteiger charge is 2.26. The molecule has 1 aliphatic heterocycles. The van der Waals surface area contributed by atoms with Crippen molar-refractivity contribution in [3.05, 3.63) is 35.9 Å². The highest BCUT2D eigenvalue weighted by molar-refractivity contribution is 5.76. The molecule has 1 saturated heterocycles. The van der Waals surface area contributed by atoms with Gasteiger partial charge in [-0.3, -0.25) is 0 Å². The molecule has 0 radical (unpaired) electrons. The van der Waals surface area contributed by atoms with Crippen molar-refractivity contribution >= 4 is 17.0 Å². The van der Waals surface area contributed by atoms with Crippen molar-refractivity contribution in [2.75, 3.05) is 18.0 Å². The lowest BCUT2D eigenvalue weighted by molar-refractivity contribution is 0.358. The Hall–Kier alpha value is -2.37. The Bertz CT molecular complexity index is 842. The summed E-state index contributed by atoms with van der Waals surface area (Å²) in [6.07, 6.45) is 2.11. The van der Waals surface area contributed by atoms with Crippen LogP contribution >= 0.6 is 0 Å². The van der Waals surface area contributed by atoms with E-state index >= 15 is 0 Å². The molecule has 0 spiro atoms. The molecule has 0 aliphatic carbocycles. The summed E-state index contributed by atoms with van der Waals surface area (Å²) in [6, 6.07) is 9.50. The van der Waals surface area contributed by atoms with Gasteiger partial charge in [-0.1, -0.05) is 31.1 Å². The summed E-state index contributed by atoms with van der Waals surface area (Å²) in [5, 5.41) is 4.07. The van der Waals surface area contributed by atoms with E-state index in [4.69, 9.17) is 9.51 Å². The molecule has 0 amide bonds.